The van der Waals surface area contributed by atoms with Crippen molar-refractivity contribution in [1.82, 2.24) is 4.57 Å². The first-order valence-electron chi connectivity index (χ1n) is 8.45. The average molecular weight is 402 g/mol. The van der Waals surface area contributed by atoms with Crippen LogP contribution in [0.15, 0.2) is 41.2 Å². The van der Waals surface area contributed by atoms with E-state index in [9.17, 15) is 14.0 Å². The van der Waals surface area contributed by atoms with Crippen LogP contribution in [0.25, 0.3) is 22.6 Å². The molecular weight excluding hydrogens is 381 g/mol. The van der Waals surface area contributed by atoms with Gasteiger partial charge < -0.3 is 4.57 Å². The van der Waals surface area contributed by atoms with Gasteiger partial charge in [0, 0.05) is 33.9 Å². The molecule has 3 nitrogen and oxygen atoms in total. The van der Waals surface area contributed by atoms with Crippen LogP contribution in [0.5, 0.6) is 0 Å². The Bertz CT molecular complexity index is 1180. The molecule has 0 N–H and O–H groups in total. The summed E-state index contributed by atoms with van der Waals surface area (Å²) in [6, 6.07) is 10.3. The number of ketones is 1. The molecule has 3 rings (SSSR count). The first-order valence-corrected chi connectivity index (χ1v) is 10.1. The summed E-state index contributed by atoms with van der Waals surface area (Å²) in [5.74, 6) is -0.292. The van der Waals surface area contributed by atoms with E-state index in [0.717, 1.165) is 9.75 Å². The lowest BCUT2D eigenvalue weighted by molar-refractivity contribution is -0.120. The number of benzene rings is 1. The molecule has 0 unspecified atom stereocenters. The van der Waals surface area contributed by atoms with Crippen molar-refractivity contribution in [3.8, 4) is 10.4 Å². The summed E-state index contributed by atoms with van der Waals surface area (Å²) in [5.41, 5.74) is -0.0911. The molecule has 0 spiro atoms. The summed E-state index contributed by atoms with van der Waals surface area (Å²) in [6.45, 7) is 5.54. The van der Waals surface area contributed by atoms with Crippen LogP contribution < -0.4 is 14.8 Å². The monoisotopic (exact) mass is 401 g/mol. The van der Waals surface area contributed by atoms with E-state index in [1.165, 1.54) is 39.4 Å². The number of carbonyl (C=O) groups excluding carboxylic acids is 1. The maximum absolute atomic E-state index is 14.0. The summed E-state index contributed by atoms with van der Waals surface area (Å²) in [7, 11) is 1.66. The molecule has 140 valence electrons. The van der Waals surface area contributed by atoms with E-state index in [4.69, 9.17) is 0 Å². The molecule has 27 heavy (non-hydrogen) atoms. The number of halogens is 1. The molecule has 0 amide bonds. The highest BCUT2D eigenvalue weighted by molar-refractivity contribution is 7.16. The Morgan fingerprint density at radius 3 is 2.48 bits per heavy atom. The molecular formula is C21H20FNO2S2. The fraction of sp³-hybridized carbons (Fsp3) is 0.238. The predicted molar refractivity (Wildman–Crippen MR) is 111 cm³/mol. The molecule has 0 saturated heterocycles. The molecule has 0 bridgehead atoms. The van der Waals surface area contributed by atoms with E-state index in [0.29, 0.717) is 14.8 Å². The minimum Gasteiger partial charge on any atom is -0.302 e. The second-order valence-electron chi connectivity index (χ2n) is 7.25. The summed E-state index contributed by atoms with van der Waals surface area (Å²) in [6.07, 6.45) is 3.32. The first kappa shape index (κ1) is 19.5. The third-order valence-corrected chi connectivity index (χ3v) is 6.27. The first-order chi connectivity index (χ1) is 12.7. The number of hydrogen-bond acceptors (Lipinski definition) is 4. The Balaban J connectivity index is 2.04. The molecule has 3 aromatic rings. The lowest BCUT2D eigenvalue weighted by atomic mass is 9.91. The van der Waals surface area contributed by atoms with Crippen LogP contribution >= 0.6 is 22.7 Å². The quantitative estimate of drug-likeness (QED) is 0.673. The SMILES string of the molecule is Cn1c(=O)/c(=C\c2ccc(-c3ccccc3F)s2)s/c1=C/C(=O)C(C)(C)C. The largest absolute Gasteiger partial charge is 0.302 e. The van der Waals surface area contributed by atoms with Gasteiger partial charge in [0.25, 0.3) is 5.56 Å². The Kier molecular flexibility index (Phi) is 5.31. The van der Waals surface area contributed by atoms with Crippen LogP contribution in [0.4, 0.5) is 4.39 Å². The maximum Gasteiger partial charge on any atom is 0.268 e. The van der Waals surface area contributed by atoms with E-state index >= 15 is 0 Å². The molecule has 0 aliphatic carbocycles. The Labute approximate surface area is 164 Å². The lowest BCUT2D eigenvalue weighted by Crippen LogP contribution is -2.29. The van der Waals surface area contributed by atoms with Gasteiger partial charge in [-0.3, -0.25) is 9.59 Å². The molecule has 0 radical (unpaired) electrons. The number of thiophene rings is 1. The molecule has 0 atom stereocenters. The van der Waals surface area contributed by atoms with E-state index in [-0.39, 0.29) is 17.2 Å². The predicted octanol–water partition coefficient (Wildman–Crippen LogP) is 3.54. The molecule has 2 heterocycles. The van der Waals surface area contributed by atoms with Gasteiger partial charge >= 0.3 is 0 Å². The fourth-order valence-corrected chi connectivity index (χ4v) is 4.48. The van der Waals surface area contributed by atoms with E-state index in [1.54, 1.807) is 31.3 Å². The maximum atomic E-state index is 14.0. The van der Waals surface area contributed by atoms with Crippen LogP contribution in [0.3, 0.4) is 0 Å². The van der Waals surface area contributed by atoms with Crippen LogP contribution in [-0.4, -0.2) is 10.4 Å². The summed E-state index contributed by atoms with van der Waals surface area (Å²) in [5, 5.41) is 0. The second-order valence-corrected chi connectivity index (χ2v) is 9.43. The van der Waals surface area contributed by atoms with Crippen molar-refractivity contribution >= 4 is 40.6 Å². The zero-order chi connectivity index (χ0) is 19.8. The van der Waals surface area contributed by atoms with Crippen molar-refractivity contribution in [2.75, 3.05) is 0 Å². The smallest absolute Gasteiger partial charge is 0.268 e. The number of thiazole rings is 1. The third-order valence-electron chi connectivity index (χ3n) is 4.09. The third kappa shape index (κ3) is 4.17. The van der Waals surface area contributed by atoms with Crippen molar-refractivity contribution in [2.24, 2.45) is 12.5 Å². The summed E-state index contributed by atoms with van der Waals surface area (Å²) >= 11 is 2.71. The van der Waals surface area contributed by atoms with E-state index < -0.39 is 5.41 Å². The Morgan fingerprint density at radius 2 is 1.81 bits per heavy atom. The molecule has 1 aromatic carbocycles. The van der Waals surface area contributed by atoms with Gasteiger partial charge in [0.1, 0.15) is 10.5 Å². The van der Waals surface area contributed by atoms with Crippen molar-refractivity contribution in [3.63, 3.8) is 0 Å². The number of rotatable bonds is 3. The van der Waals surface area contributed by atoms with Crippen LogP contribution in [0, 0.1) is 11.2 Å². The average Bonchev–Trinajstić information content (AvgIpc) is 3.16. The van der Waals surface area contributed by atoms with E-state index in [1.807, 2.05) is 32.9 Å². The number of hydrogen-bond donors (Lipinski definition) is 0. The van der Waals surface area contributed by atoms with Crippen molar-refractivity contribution in [1.29, 1.82) is 0 Å². The van der Waals surface area contributed by atoms with Crippen LogP contribution in [0.2, 0.25) is 0 Å². The number of nitrogens with zero attached hydrogens (tertiary/aromatic N) is 1. The lowest BCUT2D eigenvalue weighted by Gasteiger charge is -2.12. The molecule has 0 saturated carbocycles. The molecule has 0 aliphatic heterocycles. The highest BCUT2D eigenvalue weighted by atomic mass is 32.1. The molecule has 6 heteroatoms. The normalized spacial score (nSPS) is 13.4. The van der Waals surface area contributed by atoms with Gasteiger partial charge in [-0.2, -0.15) is 0 Å². The minimum absolute atomic E-state index is 0.0242. The van der Waals surface area contributed by atoms with Gasteiger partial charge in [-0.15, -0.1) is 22.7 Å². The van der Waals surface area contributed by atoms with Gasteiger partial charge in [0.2, 0.25) is 0 Å². The highest BCUT2D eigenvalue weighted by Gasteiger charge is 2.19. The molecule has 0 fully saturated rings. The minimum atomic E-state index is -0.494. The number of aromatic nitrogens is 1. The Morgan fingerprint density at radius 1 is 1.11 bits per heavy atom. The van der Waals surface area contributed by atoms with Gasteiger partial charge in [-0.05, 0) is 24.3 Å². The number of Topliss-reactive ketones (excluding diaryl/α,β-unsaturated/α-hetero) is 1. The zero-order valence-corrected chi connectivity index (χ0v) is 17.2. The summed E-state index contributed by atoms with van der Waals surface area (Å²) in [4.78, 5) is 26.4. The Hall–Kier alpha value is -2.31. The topological polar surface area (TPSA) is 39.1 Å². The number of carbonyl (C=O) groups is 1. The van der Waals surface area contributed by atoms with Crippen molar-refractivity contribution < 1.29 is 9.18 Å². The van der Waals surface area contributed by atoms with Crippen molar-refractivity contribution in [3.05, 3.63) is 66.6 Å². The van der Waals surface area contributed by atoms with Crippen LogP contribution in [-0.2, 0) is 11.8 Å². The van der Waals surface area contributed by atoms with E-state index in [2.05, 4.69) is 0 Å². The van der Waals surface area contributed by atoms with Gasteiger partial charge in [-0.1, -0.05) is 39.0 Å². The standard InChI is InChI=1S/C21H20FNO2S2/c1-21(2,3)18(24)12-19-23(4)20(25)17(27-19)11-13-9-10-16(26-13)14-7-5-6-8-15(14)22/h5-12H,1-4H3/b17-11+,19-12+. The molecule has 2 aromatic heterocycles. The van der Waals surface area contributed by atoms with Gasteiger partial charge in [0.15, 0.2) is 5.78 Å². The fourth-order valence-electron chi connectivity index (χ4n) is 2.40. The molecule has 0 aliphatic rings. The van der Waals surface area contributed by atoms with Crippen molar-refractivity contribution in [2.45, 2.75) is 20.8 Å². The van der Waals surface area contributed by atoms with Gasteiger partial charge in [-0.25, -0.2) is 4.39 Å². The highest BCUT2D eigenvalue weighted by Crippen LogP contribution is 2.30. The van der Waals surface area contributed by atoms with Crippen LogP contribution in [0.1, 0.15) is 25.6 Å². The summed E-state index contributed by atoms with van der Waals surface area (Å²) < 4.78 is 16.6. The zero-order valence-electron chi connectivity index (χ0n) is 15.6. The second kappa shape index (κ2) is 7.37. The van der Waals surface area contributed by atoms with Gasteiger partial charge in [0.05, 0.1) is 4.53 Å².